The van der Waals surface area contributed by atoms with Crippen LogP contribution in [-0.4, -0.2) is 45.9 Å². The first kappa shape index (κ1) is 36.1. The minimum absolute atomic E-state index is 0.320. The molecule has 0 aliphatic heterocycles. The van der Waals surface area contributed by atoms with Crippen molar-refractivity contribution in [3.63, 3.8) is 0 Å². The molecule has 0 aliphatic rings. The first-order chi connectivity index (χ1) is 13.0. The zero-order valence-electron chi connectivity index (χ0n) is 18.1. The summed E-state index contributed by atoms with van der Waals surface area (Å²) < 4.78 is 5.36. The van der Waals surface area contributed by atoms with Crippen LogP contribution in [0.15, 0.2) is 18.7 Å². The van der Waals surface area contributed by atoms with Crippen LogP contribution in [0.1, 0.15) is 65.4 Å². The predicted octanol–water partition coefficient (Wildman–Crippen LogP) is 3.29. The maximum absolute atomic E-state index is 7.56. The van der Waals surface area contributed by atoms with Crippen LogP contribution in [0.25, 0.3) is 0 Å². The highest BCUT2D eigenvalue weighted by molar-refractivity contribution is 8.06. The average molecular weight is 495 g/mol. The third-order valence-electron chi connectivity index (χ3n) is 1.71. The second kappa shape index (κ2) is 20.9. The van der Waals surface area contributed by atoms with Crippen molar-refractivity contribution in [1.82, 2.24) is 9.97 Å². The Hall–Kier alpha value is -0.320. The molecule has 29 heavy (non-hydrogen) atoms. The Labute approximate surface area is 184 Å². The van der Waals surface area contributed by atoms with E-state index in [1.165, 1.54) is 6.42 Å². The summed E-state index contributed by atoms with van der Waals surface area (Å²) in [5, 5.41) is 0. The standard InChI is InChI=1S/C11H16N2O.C3H8.C2H6.2H3O3PS/c1-5-6-14-10-7-9(4)12-11(13-10)8(2)3;1-3-2;1-2;2*1-4(2,3)5/h5,7-8H,1,6H2,2-4H3;3H2,1-2H3;1-2H3;2*(H3,1,2,3,5). The molecule has 1 heterocycles. The van der Waals surface area contributed by atoms with Crippen LogP contribution in [0.4, 0.5) is 0 Å². The van der Waals surface area contributed by atoms with Crippen molar-refractivity contribution in [3.05, 3.63) is 30.2 Å². The number of hydrogen-bond donors (Lipinski definition) is 6. The van der Waals surface area contributed by atoms with Crippen molar-refractivity contribution in [2.75, 3.05) is 6.61 Å². The van der Waals surface area contributed by atoms with Crippen molar-refractivity contribution >= 4 is 37.1 Å². The fourth-order valence-corrected chi connectivity index (χ4v) is 1.04. The summed E-state index contributed by atoms with van der Waals surface area (Å²) in [5.74, 6) is 1.77. The molecule has 0 unspecified atom stereocenters. The van der Waals surface area contributed by atoms with Crippen LogP contribution >= 0.6 is 13.4 Å². The van der Waals surface area contributed by atoms with Gasteiger partial charge >= 0.3 is 13.4 Å². The molecule has 13 heteroatoms. The van der Waals surface area contributed by atoms with E-state index in [2.05, 4.69) is 67.9 Å². The van der Waals surface area contributed by atoms with E-state index in [4.69, 9.17) is 34.1 Å². The van der Waals surface area contributed by atoms with Crippen LogP contribution in [0.5, 0.6) is 5.88 Å². The second-order valence-corrected chi connectivity index (χ2v) is 10.2. The van der Waals surface area contributed by atoms with E-state index in [-0.39, 0.29) is 0 Å². The van der Waals surface area contributed by atoms with Gasteiger partial charge in [0.15, 0.2) is 0 Å². The Kier molecular flexibility index (Phi) is 26.0. The molecule has 6 N–H and O–H groups in total. The van der Waals surface area contributed by atoms with Crippen molar-refractivity contribution in [2.24, 2.45) is 0 Å². The van der Waals surface area contributed by atoms with E-state index in [9.17, 15) is 0 Å². The third kappa shape index (κ3) is 47.1. The Bertz CT molecular complexity index is 587. The van der Waals surface area contributed by atoms with Crippen LogP contribution < -0.4 is 4.74 Å². The first-order valence-corrected chi connectivity index (χ1v) is 14.0. The molecule has 0 radical (unpaired) electrons. The van der Waals surface area contributed by atoms with Gasteiger partial charge in [0.25, 0.3) is 0 Å². The molecular formula is C16H36N2O7P2S2. The average Bonchev–Trinajstić information content (AvgIpc) is 2.52. The summed E-state index contributed by atoms with van der Waals surface area (Å²) in [4.78, 5) is 54.0. The molecule has 1 aromatic heterocycles. The van der Waals surface area contributed by atoms with Gasteiger partial charge in [-0.25, -0.2) is 4.98 Å². The Morgan fingerprint density at radius 2 is 1.38 bits per heavy atom. The van der Waals surface area contributed by atoms with Crippen LogP contribution in [0.2, 0.25) is 0 Å². The predicted molar refractivity (Wildman–Crippen MR) is 126 cm³/mol. The summed E-state index contributed by atoms with van der Waals surface area (Å²) in [6.45, 7) is 10.8. The van der Waals surface area contributed by atoms with E-state index in [1.54, 1.807) is 6.08 Å². The van der Waals surface area contributed by atoms with Crippen LogP contribution in [0, 0.1) is 6.92 Å². The van der Waals surface area contributed by atoms with Crippen LogP contribution in [-0.2, 0) is 23.6 Å². The number of rotatable bonds is 4. The maximum Gasteiger partial charge on any atom is 0.319 e. The molecule has 1 rings (SSSR count). The highest BCUT2D eigenvalue weighted by Gasteiger charge is 2.06. The molecule has 0 aliphatic carbocycles. The zero-order chi connectivity index (χ0) is 24.3. The minimum atomic E-state index is -3.81. The van der Waals surface area contributed by atoms with Crippen LogP contribution in [0.3, 0.4) is 0 Å². The highest BCUT2D eigenvalue weighted by atomic mass is 32.5. The van der Waals surface area contributed by atoms with E-state index in [0.717, 1.165) is 11.5 Å². The van der Waals surface area contributed by atoms with Crippen molar-refractivity contribution in [2.45, 2.75) is 60.8 Å². The fourth-order valence-electron chi connectivity index (χ4n) is 1.04. The Morgan fingerprint density at radius 1 is 1.03 bits per heavy atom. The van der Waals surface area contributed by atoms with E-state index in [1.807, 2.05) is 26.8 Å². The van der Waals surface area contributed by atoms with Gasteiger partial charge in [0.1, 0.15) is 12.4 Å². The molecule has 0 fully saturated rings. The monoisotopic (exact) mass is 494 g/mol. The molecule has 174 valence electrons. The molecule has 0 spiro atoms. The van der Waals surface area contributed by atoms with Gasteiger partial charge in [-0.3, -0.25) is 0 Å². The quantitative estimate of drug-likeness (QED) is 0.270. The zero-order valence-corrected chi connectivity index (χ0v) is 21.5. The molecule has 0 amide bonds. The number of nitrogens with zero attached hydrogens (tertiary/aromatic N) is 2. The molecule has 9 nitrogen and oxygen atoms in total. The lowest BCUT2D eigenvalue weighted by atomic mass is 10.2. The lowest BCUT2D eigenvalue weighted by molar-refractivity contribution is 0.345. The summed E-state index contributed by atoms with van der Waals surface area (Å²) in [7, 11) is 0. The summed E-state index contributed by atoms with van der Waals surface area (Å²) in [6, 6.07) is 1.83. The molecular weight excluding hydrogens is 458 g/mol. The van der Waals surface area contributed by atoms with Gasteiger partial charge in [0.05, 0.1) is 0 Å². The van der Waals surface area contributed by atoms with E-state index >= 15 is 0 Å². The summed E-state index contributed by atoms with van der Waals surface area (Å²) >= 11 is 7.21. The second-order valence-electron chi connectivity index (χ2n) is 5.19. The SMILES string of the molecule is C=CCOc1cc(C)nc(C(C)C)n1.CC.CCC.OP(O)(O)=S.OP(O)(O)=S. The summed E-state index contributed by atoms with van der Waals surface area (Å²) in [5.41, 5.74) is 0.933. The van der Waals surface area contributed by atoms with Gasteiger partial charge in [-0.05, 0) is 30.5 Å². The lowest BCUT2D eigenvalue weighted by Crippen LogP contribution is -2.03. The Balaban J connectivity index is -0.000000173. The van der Waals surface area contributed by atoms with E-state index < -0.39 is 13.4 Å². The lowest BCUT2D eigenvalue weighted by Gasteiger charge is -2.08. The number of ether oxygens (including phenoxy) is 1. The van der Waals surface area contributed by atoms with Gasteiger partial charge < -0.3 is 34.1 Å². The Morgan fingerprint density at radius 3 is 1.66 bits per heavy atom. The maximum atomic E-state index is 7.56. The van der Waals surface area contributed by atoms with Crippen molar-refractivity contribution in [3.8, 4) is 5.88 Å². The highest BCUT2D eigenvalue weighted by Crippen LogP contribution is 2.27. The number of aryl methyl sites for hydroxylation is 1. The normalized spacial score (nSPS) is 9.86. The smallest absolute Gasteiger partial charge is 0.319 e. The third-order valence-corrected chi connectivity index (χ3v) is 1.71. The number of aromatic nitrogens is 2. The summed E-state index contributed by atoms with van der Waals surface area (Å²) in [6.07, 6.45) is 2.95. The minimum Gasteiger partial charge on any atom is -0.473 e. The molecule has 0 saturated heterocycles. The molecule has 0 atom stereocenters. The molecule has 0 aromatic carbocycles. The molecule has 0 saturated carbocycles. The largest absolute Gasteiger partial charge is 0.473 e. The molecule has 1 aromatic rings. The van der Waals surface area contributed by atoms with Gasteiger partial charge in [0.2, 0.25) is 5.88 Å². The van der Waals surface area contributed by atoms with Gasteiger partial charge in [0, 0.05) is 17.7 Å². The fraction of sp³-hybridized carbons (Fsp3) is 0.625. The van der Waals surface area contributed by atoms with E-state index in [0.29, 0.717) is 18.4 Å². The van der Waals surface area contributed by atoms with Gasteiger partial charge in [-0.15, -0.1) is 0 Å². The van der Waals surface area contributed by atoms with Gasteiger partial charge in [-0.1, -0.05) is 60.6 Å². The van der Waals surface area contributed by atoms with Gasteiger partial charge in [-0.2, -0.15) is 4.98 Å². The van der Waals surface area contributed by atoms with Crippen molar-refractivity contribution in [1.29, 1.82) is 0 Å². The first-order valence-electron chi connectivity index (χ1n) is 8.70. The van der Waals surface area contributed by atoms with Crippen molar-refractivity contribution < 1.29 is 34.1 Å². The molecule has 0 bridgehead atoms. The topological polar surface area (TPSA) is 156 Å². The number of hydrogen-bond acceptors (Lipinski definition) is 5.